The van der Waals surface area contributed by atoms with Gasteiger partial charge < -0.3 is 19.7 Å². The van der Waals surface area contributed by atoms with Crippen LogP contribution in [0.15, 0.2) is 30.5 Å². The Morgan fingerprint density at radius 1 is 1.14 bits per heavy atom. The monoisotopic (exact) mass is 383 g/mol. The summed E-state index contributed by atoms with van der Waals surface area (Å²) in [6.07, 6.45) is 2.61. The lowest BCUT2D eigenvalue weighted by molar-refractivity contribution is 0.0622. The summed E-state index contributed by atoms with van der Waals surface area (Å²) in [5.74, 6) is 2.08. The van der Waals surface area contributed by atoms with Crippen molar-refractivity contribution in [1.29, 1.82) is 0 Å². The lowest BCUT2D eigenvalue weighted by Crippen LogP contribution is -2.48. The summed E-state index contributed by atoms with van der Waals surface area (Å²) in [7, 11) is 0. The van der Waals surface area contributed by atoms with Gasteiger partial charge in [-0.1, -0.05) is 13.0 Å². The highest BCUT2D eigenvalue weighted by Gasteiger charge is 2.24. The molecule has 1 aromatic heterocycles. The van der Waals surface area contributed by atoms with Crippen LogP contribution in [-0.4, -0.2) is 65.2 Å². The number of hydrogen-bond donors (Lipinski definition) is 1. The van der Waals surface area contributed by atoms with Crippen LogP contribution in [0.3, 0.4) is 0 Å². The van der Waals surface area contributed by atoms with Crippen LogP contribution in [0, 0.1) is 0 Å². The topological polar surface area (TPSA) is 79.8 Å². The van der Waals surface area contributed by atoms with Gasteiger partial charge in [0.05, 0.1) is 0 Å². The number of hydrogen-bond acceptors (Lipinski definition) is 7. The molecule has 2 aliphatic heterocycles. The van der Waals surface area contributed by atoms with Crippen LogP contribution in [0.1, 0.15) is 29.4 Å². The number of nitrogens with zero attached hydrogens (tertiary/aromatic N) is 4. The van der Waals surface area contributed by atoms with Gasteiger partial charge in [0.15, 0.2) is 11.5 Å². The number of aromatic nitrogens is 2. The zero-order valence-electron chi connectivity index (χ0n) is 16.1. The Labute approximate surface area is 164 Å². The maximum absolute atomic E-state index is 12.8. The highest BCUT2D eigenvalue weighted by Crippen LogP contribution is 2.32. The van der Waals surface area contributed by atoms with E-state index in [-0.39, 0.29) is 12.7 Å². The Morgan fingerprint density at radius 2 is 1.96 bits per heavy atom. The number of anilines is 1. The van der Waals surface area contributed by atoms with Crippen molar-refractivity contribution in [1.82, 2.24) is 19.8 Å². The average Bonchev–Trinajstić information content (AvgIpc) is 3.20. The summed E-state index contributed by atoms with van der Waals surface area (Å²) in [4.78, 5) is 25.5. The van der Waals surface area contributed by atoms with Gasteiger partial charge >= 0.3 is 0 Å². The van der Waals surface area contributed by atoms with Crippen molar-refractivity contribution in [2.45, 2.75) is 19.9 Å². The predicted octanol–water partition coefficient (Wildman–Crippen LogP) is 1.99. The molecule has 1 fully saturated rings. The molecule has 0 saturated carbocycles. The molecule has 1 saturated heterocycles. The standard InChI is InChI=1S/C20H25N5O3/c1-2-6-21-20-22-7-5-16(23-20)19(26)25-10-8-24(9-11-25)13-15-3-4-17-18(12-15)28-14-27-17/h3-5,7,12H,2,6,8-11,13-14H2,1H3,(H,21,22,23). The number of ether oxygens (including phenoxy) is 2. The van der Waals surface area contributed by atoms with Gasteiger partial charge in [-0.15, -0.1) is 0 Å². The van der Waals surface area contributed by atoms with Gasteiger partial charge in [0.1, 0.15) is 5.69 Å². The molecule has 8 nitrogen and oxygen atoms in total. The molecule has 28 heavy (non-hydrogen) atoms. The van der Waals surface area contributed by atoms with E-state index in [0.29, 0.717) is 24.7 Å². The second-order valence-electron chi connectivity index (χ2n) is 6.95. The highest BCUT2D eigenvalue weighted by atomic mass is 16.7. The fraction of sp³-hybridized carbons (Fsp3) is 0.450. The summed E-state index contributed by atoms with van der Waals surface area (Å²) >= 11 is 0. The third kappa shape index (κ3) is 4.17. The average molecular weight is 383 g/mol. The minimum absolute atomic E-state index is 0.0373. The first-order chi connectivity index (χ1) is 13.7. The zero-order valence-corrected chi connectivity index (χ0v) is 16.1. The van der Waals surface area contributed by atoms with Crippen molar-refractivity contribution in [2.24, 2.45) is 0 Å². The quantitative estimate of drug-likeness (QED) is 0.817. The van der Waals surface area contributed by atoms with E-state index in [1.165, 1.54) is 5.56 Å². The third-order valence-electron chi connectivity index (χ3n) is 4.91. The number of rotatable bonds is 6. The van der Waals surface area contributed by atoms with Crippen LogP contribution in [0.5, 0.6) is 11.5 Å². The van der Waals surface area contributed by atoms with Crippen LogP contribution in [0.25, 0.3) is 0 Å². The smallest absolute Gasteiger partial charge is 0.272 e. The van der Waals surface area contributed by atoms with Crippen LogP contribution >= 0.6 is 0 Å². The molecule has 0 bridgehead atoms. The lowest BCUT2D eigenvalue weighted by Gasteiger charge is -2.34. The SMILES string of the molecule is CCCNc1nccc(C(=O)N2CCN(Cc3ccc4c(c3)OCO4)CC2)n1. The van der Waals surface area contributed by atoms with Crippen LogP contribution < -0.4 is 14.8 Å². The highest BCUT2D eigenvalue weighted by molar-refractivity contribution is 5.92. The first-order valence-corrected chi connectivity index (χ1v) is 9.70. The maximum atomic E-state index is 12.8. The van der Waals surface area contributed by atoms with Gasteiger partial charge in [0.25, 0.3) is 5.91 Å². The fourth-order valence-corrected chi connectivity index (χ4v) is 3.37. The molecule has 0 atom stereocenters. The normalized spacial score (nSPS) is 16.2. The number of amides is 1. The van der Waals surface area contributed by atoms with Crippen molar-refractivity contribution in [3.05, 3.63) is 41.7 Å². The van der Waals surface area contributed by atoms with Crippen LogP contribution in [-0.2, 0) is 6.54 Å². The molecule has 0 radical (unpaired) electrons. The molecule has 2 aliphatic rings. The summed E-state index contributed by atoms with van der Waals surface area (Å²) in [5, 5.41) is 3.12. The molecule has 1 aromatic carbocycles. The molecule has 3 heterocycles. The van der Waals surface area contributed by atoms with Gasteiger partial charge in [0, 0.05) is 45.5 Å². The fourth-order valence-electron chi connectivity index (χ4n) is 3.37. The van der Waals surface area contributed by atoms with Gasteiger partial charge in [-0.2, -0.15) is 0 Å². The zero-order chi connectivity index (χ0) is 19.3. The second kappa shape index (κ2) is 8.43. The van der Waals surface area contributed by atoms with Crippen molar-refractivity contribution < 1.29 is 14.3 Å². The number of nitrogens with one attached hydrogen (secondary N) is 1. The van der Waals surface area contributed by atoms with E-state index in [1.807, 2.05) is 17.0 Å². The molecule has 4 rings (SSSR count). The molecule has 0 unspecified atom stereocenters. The molecular weight excluding hydrogens is 358 g/mol. The van der Waals surface area contributed by atoms with Crippen molar-refractivity contribution in [3.8, 4) is 11.5 Å². The predicted molar refractivity (Wildman–Crippen MR) is 105 cm³/mol. The van der Waals surface area contributed by atoms with Gasteiger partial charge in [0.2, 0.25) is 12.7 Å². The van der Waals surface area contributed by atoms with E-state index in [4.69, 9.17) is 9.47 Å². The maximum Gasteiger partial charge on any atom is 0.272 e. The minimum atomic E-state index is -0.0373. The molecule has 148 valence electrons. The number of carbonyl (C=O) groups excluding carboxylic acids is 1. The molecular formula is C20H25N5O3. The van der Waals surface area contributed by atoms with Crippen molar-refractivity contribution >= 4 is 11.9 Å². The molecule has 8 heteroatoms. The second-order valence-corrected chi connectivity index (χ2v) is 6.95. The Morgan fingerprint density at radius 3 is 2.79 bits per heavy atom. The first-order valence-electron chi connectivity index (χ1n) is 9.70. The minimum Gasteiger partial charge on any atom is -0.454 e. The number of fused-ring (bicyclic) bond motifs is 1. The van der Waals surface area contributed by atoms with Gasteiger partial charge in [-0.05, 0) is 30.2 Å². The molecule has 0 aliphatic carbocycles. The lowest BCUT2D eigenvalue weighted by atomic mass is 10.1. The van der Waals surface area contributed by atoms with Crippen molar-refractivity contribution in [3.63, 3.8) is 0 Å². The van der Waals surface area contributed by atoms with Gasteiger partial charge in [-0.25, -0.2) is 9.97 Å². The molecule has 1 N–H and O–H groups in total. The summed E-state index contributed by atoms with van der Waals surface area (Å²) in [6, 6.07) is 7.73. The third-order valence-corrected chi connectivity index (χ3v) is 4.91. The van der Waals surface area contributed by atoms with Crippen LogP contribution in [0.4, 0.5) is 5.95 Å². The van der Waals surface area contributed by atoms with E-state index in [2.05, 4.69) is 33.2 Å². The van der Waals surface area contributed by atoms with E-state index in [0.717, 1.165) is 44.1 Å². The Bertz CT molecular complexity index is 836. The number of carbonyl (C=O) groups is 1. The number of benzene rings is 1. The Balaban J connectivity index is 1.32. The Kier molecular flexibility index (Phi) is 5.57. The van der Waals surface area contributed by atoms with Crippen LogP contribution in [0.2, 0.25) is 0 Å². The van der Waals surface area contributed by atoms with Crippen molar-refractivity contribution in [2.75, 3.05) is 44.8 Å². The summed E-state index contributed by atoms with van der Waals surface area (Å²) in [5.41, 5.74) is 1.63. The first kappa shape index (κ1) is 18.5. The van der Waals surface area contributed by atoms with E-state index in [1.54, 1.807) is 12.3 Å². The summed E-state index contributed by atoms with van der Waals surface area (Å²) < 4.78 is 10.8. The molecule has 1 amide bonds. The largest absolute Gasteiger partial charge is 0.454 e. The summed E-state index contributed by atoms with van der Waals surface area (Å²) in [6.45, 7) is 7.01. The van der Waals surface area contributed by atoms with Gasteiger partial charge in [-0.3, -0.25) is 9.69 Å². The van der Waals surface area contributed by atoms with E-state index >= 15 is 0 Å². The molecule has 0 spiro atoms. The van der Waals surface area contributed by atoms with E-state index in [9.17, 15) is 4.79 Å². The molecule has 2 aromatic rings. The van der Waals surface area contributed by atoms with E-state index < -0.39 is 0 Å². The Hall–Kier alpha value is -2.87. The number of piperazine rings is 1.